The van der Waals surface area contributed by atoms with Gasteiger partial charge >= 0.3 is 12.2 Å². The molecule has 8 heteroatoms. The molecule has 2 aromatic carbocycles. The van der Waals surface area contributed by atoms with E-state index in [1.54, 1.807) is 15.9 Å². The van der Waals surface area contributed by atoms with Crippen LogP contribution in [0, 0.1) is 6.07 Å². The standard InChI is InChI=1S/C15H19NO3.C14H17BrNO2/c1-15(2,3)19-14(18)16-8-7-11-5-4-6-12(10-17)13(11)9-16;1-14(2,3)18-13(17)16-8-7-10-5-4-6-12(15)11(10)9-16/h4-6,10H,7-9H2,1-3H3;5-6H,7-9H2,1-3H3/q;-1. The van der Waals surface area contributed by atoms with E-state index in [1.807, 2.05) is 65.8 Å². The highest BCUT2D eigenvalue weighted by Crippen LogP contribution is 2.27. The number of halogens is 1. The Morgan fingerprint density at radius 3 is 1.95 bits per heavy atom. The minimum atomic E-state index is -0.498. The third-order valence-corrected chi connectivity index (χ3v) is 6.59. The fraction of sp³-hybridized carbons (Fsp3) is 0.483. The number of carbonyl (C=O) groups is 3. The van der Waals surface area contributed by atoms with Gasteiger partial charge in [-0.1, -0.05) is 29.1 Å². The summed E-state index contributed by atoms with van der Waals surface area (Å²) in [7, 11) is 0. The normalized spacial score (nSPS) is 15.0. The van der Waals surface area contributed by atoms with E-state index >= 15 is 0 Å². The molecule has 2 aromatic rings. The lowest BCUT2D eigenvalue weighted by Gasteiger charge is -2.34. The van der Waals surface area contributed by atoms with E-state index in [4.69, 9.17) is 9.47 Å². The fourth-order valence-electron chi connectivity index (χ4n) is 4.15. The van der Waals surface area contributed by atoms with Gasteiger partial charge in [0.2, 0.25) is 0 Å². The highest BCUT2D eigenvalue weighted by atomic mass is 79.9. The molecule has 0 aliphatic carbocycles. The third kappa shape index (κ3) is 8.06. The van der Waals surface area contributed by atoms with Crippen molar-refractivity contribution in [1.29, 1.82) is 0 Å². The van der Waals surface area contributed by atoms with Crippen molar-refractivity contribution in [3.8, 4) is 0 Å². The van der Waals surface area contributed by atoms with Crippen molar-refractivity contribution >= 4 is 34.4 Å². The van der Waals surface area contributed by atoms with Gasteiger partial charge in [-0.3, -0.25) is 4.79 Å². The molecule has 0 radical (unpaired) electrons. The van der Waals surface area contributed by atoms with Crippen LogP contribution in [0.25, 0.3) is 0 Å². The Hall–Kier alpha value is -2.87. The molecule has 2 amide bonds. The van der Waals surface area contributed by atoms with E-state index in [9.17, 15) is 14.4 Å². The lowest BCUT2D eigenvalue weighted by atomic mass is 9.96. The minimum Gasteiger partial charge on any atom is -0.444 e. The SMILES string of the molecule is CC(C)(C)OC(=O)N1CCc2c[c-]cc(Br)c2C1.CC(C)(C)OC(=O)N1CCc2cccc(C=O)c2C1. The van der Waals surface area contributed by atoms with Crippen molar-refractivity contribution in [2.75, 3.05) is 13.1 Å². The maximum atomic E-state index is 12.0. The Labute approximate surface area is 228 Å². The van der Waals surface area contributed by atoms with Crippen LogP contribution in [0.1, 0.15) is 74.2 Å². The van der Waals surface area contributed by atoms with Crippen molar-refractivity contribution in [3.05, 3.63) is 68.7 Å². The quantitative estimate of drug-likeness (QED) is 0.295. The van der Waals surface area contributed by atoms with Crippen LogP contribution in [0.3, 0.4) is 0 Å². The Morgan fingerprint density at radius 2 is 1.41 bits per heavy atom. The summed E-state index contributed by atoms with van der Waals surface area (Å²) in [6.45, 7) is 13.6. The summed E-state index contributed by atoms with van der Waals surface area (Å²) in [6.07, 6.45) is 1.89. The number of hydrogen-bond donors (Lipinski definition) is 0. The van der Waals surface area contributed by atoms with E-state index in [0.717, 1.165) is 40.3 Å². The van der Waals surface area contributed by atoms with E-state index in [1.165, 1.54) is 5.56 Å². The molecule has 0 aromatic heterocycles. The van der Waals surface area contributed by atoms with E-state index in [-0.39, 0.29) is 12.2 Å². The summed E-state index contributed by atoms with van der Waals surface area (Å²) >= 11 is 3.51. The predicted octanol–water partition coefficient (Wildman–Crippen LogP) is 6.33. The van der Waals surface area contributed by atoms with Crippen LogP contribution >= 0.6 is 15.9 Å². The zero-order valence-corrected chi connectivity index (χ0v) is 24.1. The van der Waals surface area contributed by atoms with Crippen molar-refractivity contribution in [1.82, 2.24) is 9.80 Å². The molecule has 2 aliphatic rings. The number of ether oxygens (including phenoxy) is 2. The van der Waals surface area contributed by atoms with Crippen LogP contribution in [0.15, 0.2) is 34.8 Å². The third-order valence-electron chi connectivity index (χ3n) is 5.88. The first-order valence-electron chi connectivity index (χ1n) is 12.5. The van der Waals surface area contributed by atoms with Crippen molar-refractivity contribution in [2.24, 2.45) is 0 Å². The predicted molar refractivity (Wildman–Crippen MR) is 146 cm³/mol. The molecule has 37 heavy (non-hydrogen) atoms. The molecule has 7 nitrogen and oxygen atoms in total. The number of nitrogens with zero attached hydrogens (tertiary/aromatic N) is 2. The van der Waals surface area contributed by atoms with Crippen LogP contribution in [0.5, 0.6) is 0 Å². The van der Waals surface area contributed by atoms with Crippen LogP contribution in [-0.4, -0.2) is 52.6 Å². The molecule has 2 aliphatic heterocycles. The van der Waals surface area contributed by atoms with Gasteiger partial charge in [0.15, 0.2) is 0 Å². The summed E-state index contributed by atoms with van der Waals surface area (Å²) in [5.74, 6) is 0. The van der Waals surface area contributed by atoms with E-state index in [2.05, 4.69) is 22.0 Å². The molecular formula is C29H36BrN2O5-. The second-order valence-electron chi connectivity index (χ2n) is 11.2. The number of fused-ring (bicyclic) bond motifs is 2. The summed E-state index contributed by atoms with van der Waals surface area (Å²) in [4.78, 5) is 38.5. The van der Waals surface area contributed by atoms with Crippen molar-refractivity contribution in [2.45, 2.75) is 78.7 Å². The van der Waals surface area contributed by atoms with Gasteiger partial charge in [0.1, 0.15) is 17.5 Å². The number of carbonyl (C=O) groups excluding carboxylic acids is 3. The summed E-state index contributed by atoms with van der Waals surface area (Å²) in [6, 6.07) is 12.6. The Kier molecular flexibility index (Phi) is 9.05. The maximum absolute atomic E-state index is 12.0. The molecule has 0 saturated carbocycles. The average Bonchev–Trinajstić information content (AvgIpc) is 2.81. The molecule has 0 bridgehead atoms. The molecule has 0 unspecified atom stereocenters. The molecular weight excluding hydrogens is 536 g/mol. The molecule has 0 N–H and O–H groups in total. The number of amides is 2. The molecule has 0 spiro atoms. The van der Waals surface area contributed by atoms with Gasteiger partial charge < -0.3 is 19.3 Å². The Balaban J connectivity index is 0.000000206. The largest absolute Gasteiger partial charge is 0.444 e. The van der Waals surface area contributed by atoms with Gasteiger partial charge in [-0.05, 0) is 59.1 Å². The first kappa shape index (κ1) is 28.7. The van der Waals surface area contributed by atoms with Gasteiger partial charge in [0, 0.05) is 31.7 Å². The first-order chi connectivity index (χ1) is 17.3. The van der Waals surface area contributed by atoms with Crippen molar-refractivity contribution < 1.29 is 23.9 Å². The zero-order chi connectivity index (χ0) is 27.4. The van der Waals surface area contributed by atoms with Crippen LogP contribution < -0.4 is 0 Å². The first-order valence-corrected chi connectivity index (χ1v) is 13.3. The second-order valence-corrected chi connectivity index (χ2v) is 12.1. The Bertz CT molecular complexity index is 1150. The van der Waals surface area contributed by atoms with Gasteiger partial charge in [-0.15, -0.1) is 27.1 Å². The topological polar surface area (TPSA) is 76.2 Å². The van der Waals surface area contributed by atoms with Gasteiger partial charge in [0.05, 0.1) is 0 Å². The molecule has 4 rings (SSSR count). The second kappa shape index (κ2) is 11.7. The summed E-state index contributed by atoms with van der Waals surface area (Å²) in [5, 5.41) is 0. The lowest BCUT2D eigenvalue weighted by Crippen LogP contribution is -2.40. The summed E-state index contributed by atoms with van der Waals surface area (Å²) in [5.41, 5.74) is 4.21. The molecule has 0 fully saturated rings. The highest BCUT2D eigenvalue weighted by Gasteiger charge is 2.27. The maximum Gasteiger partial charge on any atom is 0.410 e. The van der Waals surface area contributed by atoms with Crippen LogP contribution in [0.2, 0.25) is 0 Å². The van der Waals surface area contributed by atoms with Crippen LogP contribution in [0.4, 0.5) is 9.59 Å². The molecule has 2 heterocycles. The van der Waals surface area contributed by atoms with Crippen LogP contribution in [-0.2, 0) is 35.4 Å². The molecule has 200 valence electrons. The van der Waals surface area contributed by atoms with Gasteiger partial charge in [0.25, 0.3) is 0 Å². The zero-order valence-electron chi connectivity index (χ0n) is 22.5. The average molecular weight is 573 g/mol. The molecule has 0 atom stereocenters. The summed E-state index contributed by atoms with van der Waals surface area (Å²) < 4.78 is 11.8. The minimum absolute atomic E-state index is 0.243. The number of aldehydes is 1. The Morgan fingerprint density at radius 1 is 0.865 bits per heavy atom. The molecule has 0 saturated heterocycles. The monoisotopic (exact) mass is 571 g/mol. The fourth-order valence-corrected chi connectivity index (χ4v) is 4.66. The lowest BCUT2D eigenvalue weighted by molar-refractivity contribution is 0.0213. The van der Waals surface area contributed by atoms with E-state index in [0.29, 0.717) is 31.7 Å². The van der Waals surface area contributed by atoms with Gasteiger partial charge in [-0.25, -0.2) is 9.59 Å². The van der Waals surface area contributed by atoms with Crippen molar-refractivity contribution in [3.63, 3.8) is 0 Å². The highest BCUT2D eigenvalue weighted by molar-refractivity contribution is 9.10. The number of benzene rings is 2. The number of hydrogen-bond acceptors (Lipinski definition) is 5. The smallest absolute Gasteiger partial charge is 0.410 e. The van der Waals surface area contributed by atoms with Gasteiger partial charge in [-0.2, -0.15) is 18.2 Å². The number of rotatable bonds is 1. The van der Waals surface area contributed by atoms with E-state index < -0.39 is 11.2 Å².